The molecule has 0 spiro atoms. The molecule has 0 radical (unpaired) electrons. The molecular formula is C15H13BrFN3. The van der Waals surface area contributed by atoms with Gasteiger partial charge < -0.3 is 5.73 Å². The Hall–Kier alpha value is -1.88. The second-order valence-electron chi connectivity index (χ2n) is 4.84. The summed E-state index contributed by atoms with van der Waals surface area (Å²) in [6, 6.07) is 8.49. The van der Waals surface area contributed by atoms with Gasteiger partial charge in [-0.05, 0) is 49.7 Å². The third-order valence-electron chi connectivity index (χ3n) is 3.27. The minimum absolute atomic E-state index is 0.312. The van der Waals surface area contributed by atoms with Gasteiger partial charge in [0.15, 0.2) is 0 Å². The standard InChI is InChI=1S/C15H13BrFN3/c1-8-5-9(2)20-13(6-8)19-14(15(20)18)11-7-10(17)3-4-12(11)16/h3-7H,18H2,1-2H3. The maximum absolute atomic E-state index is 13.5. The van der Waals surface area contributed by atoms with Gasteiger partial charge in [0.25, 0.3) is 0 Å². The summed E-state index contributed by atoms with van der Waals surface area (Å²) in [5.41, 5.74) is 10.3. The summed E-state index contributed by atoms with van der Waals surface area (Å²) in [6.45, 7) is 3.98. The Labute approximate surface area is 124 Å². The molecule has 0 bridgehead atoms. The zero-order valence-corrected chi connectivity index (χ0v) is 12.7. The van der Waals surface area contributed by atoms with E-state index in [0.29, 0.717) is 17.1 Å². The van der Waals surface area contributed by atoms with Crippen molar-refractivity contribution in [2.45, 2.75) is 13.8 Å². The molecule has 0 aliphatic rings. The van der Waals surface area contributed by atoms with Crippen LogP contribution in [0.25, 0.3) is 16.9 Å². The Morgan fingerprint density at radius 2 is 1.95 bits per heavy atom. The Kier molecular flexibility index (Phi) is 3.01. The maximum atomic E-state index is 13.5. The number of hydrogen-bond donors (Lipinski definition) is 1. The molecule has 3 nitrogen and oxygen atoms in total. The zero-order valence-electron chi connectivity index (χ0n) is 11.1. The van der Waals surface area contributed by atoms with Crippen molar-refractivity contribution in [1.82, 2.24) is 9.38 Å². The van der Waals surface area contributed by atoms with Gasteiger partial charge in [-0.15, -0.1) is 0 Å². The van der Waals surface area contributed by atoms with Gasteiger partial charge in [0.1, 0.15) is 23.0 Å². The van der Waals surface area contributed by atoms with Gasteiger partial charge in [0, 0.05) is 15.7 Å². The first-order chi connectivity index (χ1) is 9.47. The van der Waals surface area contributed by atoms with Crippen molar-refractivity contribution in [3.05, 3.63) is 51.9 Å². The smallest absolute Gasteiger partial charge is 0.139 e. The number of halogens is 2. The minimum atomic E-state index is -0.312. The summed E-state index contributed by atoms with van der Waals surface area (Å²) in [4.78, 5) is 4.55. The lowest BCUT2D eigenvalue weighted by atomic mass is 10.1. The molecule has 5 heteroatoms. The normalized spacial score (nSPS) is 11.2. The van der Waals surface area contributed by atoms with Gasteiger partial charge in [-0.1, -0.05) is 15.9 Å². The van der Waals surface area contributed by atoms with E-state index in [-0.39, 0.29) is 5.82 Å². The zero-order chi connectivity index (χ0) is 14.4. The number of anilines is 1. The van der Waals surface area contributed by atoms with Crippen LogP contribution in [0.4, 0.5) is 10.2 Å². The van der Waals surface area contributed by atoms with Crippen molar-refractivity contribution in [2.75, 3.05) is 5.73 Å². The minimum Gasteiger partial charge on any atom is -0.383 e. The number of fused-ring (bicyclic) bond motifs is 1. The van der Waals surface area contributed by atoms with Crippen molar-refractivity contribution in [3.63, 3.8) is 0 Å². The molecule has 0 unspecified atom stereocenters. The highest BCUT2D eigenvalue weighted by atomic mass is 79.9. The monoisotopic (exact) mass is 333 g/mol. The van der Waals surface area contributed by atoms with Crippen molar-refractivity contribution in [1.29, 1.82) is 0 Å². The lowest BCUT2D eigenvalue weighted by Gasteiger charge is -2.05. The average molecular weight is 334 g/mol. The number of pyridine rings is 1. The molecule has 20 heavy (non-hydrogen) atoms. The van der Waals surface area contributed by atoms with Crippen LogP contribution >= 0.6 is 15.9 Å². The fourth-order valence-electron chi connectivity index (χ4n) is 2.44. The van der Waals surface area contributed by atoms with Crippen molar-refractivity contribution >= 4 is 27.4 Å². The molecule has 2 heterocycles. The number of aryl methyl sites for hydroxylation is 2. The highest BCUT2D eigenvalue weighted by Crippen LogP contribution is 2.33. The number of nitrogens with zero attached hydrogens (tertiary/aromatic N) is 2. The molecule has 0 fully saturated rings. The van der Waals surface area contributed by atoms with Gasteiger partial charge in [0.05, 0.1) is 0 Å². The van der Waals surface area contributed by atoms with Crippen LogP contribution < -0.4 is 5.73 Å². The number of aromatic nitrogens is 2. The highest BCUT2D eigenvalue weighted by molar-refractivity contribution is 9.10. The van der Waals surface area contributed by atoms with Crippen LogP contribution in [0, 0.1) is 19.7 Å². The van der Waals surface area contributed by atoms with Crippen molar-refractivity contribution in [2.24, 2.45) is 0 Å². The average Bonchev–Trinajstić information content (AvgIpc) is 2.69. The predicted molar refractivity (Wildman–Crippen MR) is 82.2 cm³/mol. The SMILES string of the molecule is Cc1cc(C)n2c(N)c(-c3cc(F)ccc3Br)nc2c1. The molecule has 0 saturated heterocycles. The van der Waals surface area contributed by atoms with Crippen LogP contribution in [-0.2, 0) is 0 Å². The molecule has 3 rings (SSSR count). The van der Waals surface area contributed by atoms with Crippen LogP contribution in [0.2, 0.25) is 0 Å². The fraction of sp³-hybridized carbons (Fsp3) is 0.133. The molecule has 0 atom stereocenters. The first-order valence-electron chi connectivity index (χ1n) is 6.18. The molecule has 1 aromatic carbocycles. The number of rotatable bonds is 1. The van der Waals surface area contributed by atoms with Crippen LogP contribution in [0.1, 0.15) is 11.3 Å². The van der Waals surface area contributed by atoms with Crippen LogP contribution in [0.5, 0.6) is 0 Å². The number of nitrogen functional groups attached to an aromatic ring is 1. The second kappa shape index (κ2) is 4.59. The largest absolute Gasteiger partial charge is 0.383 e. The Balaban J connectivity index is 2.35. The molecule has 2 N–H and O–H groups in total. The van der Waals surface area contributed by atoms with E-state index in [1.54, 1.807) is 6.07 Å². The van der Waals surface area contributed by atoms with E-state index in [9.17, 15) is 4.39 Å². The van der Waals surface area contributed by atoms with E-state index in [1.807, 2.05) is 30.4 Å². The second-order valence-corrected chi connectivity index (χ2v) is 5.69. The van der Waals surface area contributed by atoms with Gasteiger partial charge in [0.2, 0.25) is 0 Å². The summed E-state index contributed by atoms with van der Waals surface area (Å²) in [6.07, 6.45) is 0. The summed E-state index contributed by atoms with van der Waals surface area (Å²) < 4.78 is 16.1. The van der Waals surface area contributed by atoms with E-state index < -0.39 is 0 Å². The van der Waals surface area contributed by atoms with Crippen LogP contribution in [0.15, 0.2) is 34.8 Å². The Morgan fingerprint density at radius 1 is 1.20 bits per heavy atom. The predicted octanol–water partition coefficient (Wildman–Crippen LogP) is 4.10. The number of imidazole rings is 1. The molecule has 0 amide bonds. The maximum Gasteiger partial charge on any atom is 0.139 e. The van der Waals surface area contributed by atoms with Crippen molar-refractivity contribution in [3.8, 4) is 11.3 Å². The van der Waals surface area contributed by atoms with E-state index in [2.05, 4.69) is 20.9 Å². The quantitative estimate of drug-likeness (QED) is 0.728. The fourth-order valence-corrected chi connectivity index (χ4v) is 2.87. The number of hydrogen-bond acceptors (Lipinski definition) is 2. The number of benzene rings is 1. The highest BCUT2D eigenvalue weighted by Gasteiger charge is 2.16. The van der Waals surface area contributed by atoms with Crippen molar-refractivity contribution < 1.29 is 4.39 Å². The summed E-state index contributed by atoms with van der Waals surface area (Å²) >= 11 is 3.42. The third-order valence-corrected chi connectivity index (χ3v) is 3.96. The molecule has 0 saturated carbocycles. The van der Waals surface area contributed by atoms with Gasteiger partial charge in [-0.25, -0.2) is 9.37 Å². The topological polar surface area (TPSA) is 43.3 Å². The van der Waals surface area contributed by atoms with Gasteiger partial charge in [-0.3, -0.25) is 4.40 Å². The lowest BCUT2D eigenvalue weighted by Crippen LogP contribution is -1.98. The third kappa shape index (κ3) is 1.98. The Bertz CT molecular complexity index is 824. The van der Waals surface area contributed by atoms with Gasteiger partial charge >= 0.3 is 0 Å². The van der Waals surface area contributed by atoms with Gasteiger partial charge in [-0.2, -0.15) is 0 Å². The molecular weight excluding hydrogens is 321 g/mol. The molecule has 3 aromatic rings. The lowest BCUT2D eigenvalue weighted by molar-refractivity contribution is 0.628. The first kappa shape index (κ1) is 13.1. The van der Waals surface area contributed by atoms with E-state index in [1.165, 1.54) is 12.1 Å². The molecule has 0 aliphatic carbocycles. The Morgan fingerprint density at radius 3 is 2.70 bits per heavy atom. The van der Waals surface area contributed by atoms with Crippen LogP contribution in [0.3, 0.4) is 0 Å². The van der Waals surface area contributed by atoms with E-state index in [4.69, 9.17) is 5.73 Å². The summed E-state index contributed by atoms with van der Waals surface area (Å²) in [7, 11) is 0. The van der Waals surface area contributed by atoms with E-state index in [0.717, 1.165) is 21.4 Å². The molecule has 0 aliphatic heterocycles. The summed E-state index contributed by atoms with van der Waals surface area (Å²) in [5, 5.41) is 0. The van der Waals surface area contributed by atoms with Crippen LogP contribution in [-0.4, -0.2) is 9.38 Å². The molecule has 102 valence electrons. The summed E-state index contributed by atoms with van der Waals surface area (Å²) in [5.74, 6) is 0.205. The molecule has 2 aromatic heterocycles. The number of nitrogens with two attached hydrogens (primary N) is 1. The first-order valence-corrected chi connectivity index (χ1v) is 6.97. The van der Waals surface area contributed by atoms with E-state index >= 15 is 0 Å².